The lowest BCUT2D eigenvalue weighted by Gasteiger charge is -2.26. The second-order valence-electron chi connectivity index (χ2n) is 7.88. The summed E-state index contributed by atoms with van der Waals surface area (Å²) in [5, 5.41) is 11.5. The van der Waals surface area contributed by atoms with Crippen molar-refractivity contribution >= 4 is 5.91 Å². The second-order valence-corrected chi connectivity index (χ2v) is 7.88. The summed E-state index contributed by atoms with van der Waals surface area (Å²) in [6, 6.07) is 18.1. The summed E-state index contributed by atoms with van der Waals surface area (Å²) in [4.78, 5) is 17.9. The van der Waals surface area contributed by atoms with E-state index in [9.17, 15) is 4.79 Å². The maximum atomic E-state index is 13.5. The minimum atomic E-state index is -0.426. The van der Waals surface area contributed by atoms with E-state index in [0.717, 1.165) is 44.7 Å². The van der Waals surface area contributed by atoms with Crippen LogP contribution in [0.4, 0.5) is 0 Å². The Labute approximate surface area is 177 Å². The maximum absolute atomic E-state index is 13.5. The molecule has 1 aliphatic rings. The van der Waals surface area contributed by atoms with E-state index >= 15 is 0 Å². The van der Waals surface area contributed by atoms with Crippen LogP contribution in [0.25, 0.3) is 0 Å². The molecule has 0 radical (unpaired) electrons. The van der Waals surface area contributed by atoms with Crippen LogP contribution in [0.2, 0.25) is 0 Å². The van der Waals surface area contributed by atoms with Gasteiger partial charge in [-0.2, -0.15) is 0 Å². The summed E-state index contributed by atoms with van der Waals surface area (Å²) < 4.78 is 1.59. The fraction of sp³-hybridized carbons (Fsp3) is 0.391. The van der Waals surface area contributed by atoms with Crippen molar-refractivity contribution in [2.45, 2.75) is 32.4 Å². The predicted octanol–water partition coefficient (Wildman–Crippen LogP) is 2.50. The van der Waals surface area contributed by atoms with Gasteiger partial charge in [0.2, 0.25) is 5.91 Å². The number of hydrogen-bond donors (Lipinski definition) is 0. The van der Waals surface area contributed by atoms with Gasteiger partial charge < -0.3 is 4.90 Å². The molecule has 1 aliphatic heterocycles. The molecular formula is C23H28N6O. The lowest BCUT2D eigenvalue weighted by atomic mass is 10.0. The van der Waals surface area contributed by atoms with Crippen LogP contribution in [0.5, 0.6) is 0 Å². The molecule has 1 fully saturated rings. The lowest BCUT2D eigenvalue weighted by Crippen LogP contribution is -2.40. The van der Waals surface area contributed by atoms with Crippen molar-refractivity contribution < 1.29 is 4.79 Å². The Balaban J connectivity index is 1.44. The second kappa shape index (κ2) is 9.63. The number of benzene rings is 2. The lowest BCUT2D eigenvalue weighted by molar-refractivity contribution is -0.135. The molecule has 1 saturated heterocycles. The first-order valence-corrected chi connectivity index (χ1v) is 10.5. The largest absolute Gasteiger partial charge is 0.339 e. The molecule has 7 heteroatoms. The molecule has 7 nitrogen and oxygen atoms in total. The highest BCUT2D eigenvalue weighted by molar-refractivity contribution is 5.80. The van der Waals surface area contributed by atoms with Gasteiger partial charge in [-0.15, -0.1) is 5.10 Å². The first-order valence-electron chi connectivity index (χ1n) is 10.5. The Morgan fingerprint density at radius 3 is 2.57 bits per heavy atom. The molecule has 3 aromatic rings. The Morgan fingerprint density at radius 2 is 1.80 bits per heavy atom. The Morgan fingerprint density at radius 1 is 1.00 bits per heavy atom. The predicted molar refractivity (Wildman–Crippen MR) is 115 cm³/mol. The molecular weight excluding hydrogens is 376 g/mol. The number of hydrogen-bond acceptors (Lipinski definition) is 5. The minimum Gasteiger partial charge on any atom is -0.339 e. The van der Waals surface area contributed by atoms with E-state index in [1.54, 1.807) is 4.68 Å². The van der Waals surface area contributed by atoms with Crippen LogP contribution >= 0.6 is 0 Å². The average molecular weight is 405 g/mol. The zero-order valence-corrected chi connectivity index (χ0v) is 17.4. The molecule has 30 heavy (non-hydrogen) atoms. The van der Waals surface area contributed by atoms with Crippen LogP contribution in [0.3, 0.4) is 0 Å². The van der Waals surface area contributed by atoms with Crippen LogP contribution in [0.1, 0.15) is 29.2 Å². The highest BCUT2D eigenvalue weighted by Crippen LogP contribution is 2.19. The fourth-order valence-corrected chi connectivity index (χ4v) is 4.03. The van der Waals surface area contributed by atoms with Crippen molar-refractivity contribution in [1.82, 2.24) is 30.0 Å². The van der Waals surface area contributed by atoms with Crippen molar-refractivity contribution in [3.05, 3.63) is 77.6 Å². The van der Waals surface area contributed by atoms with E-state index in [1.165, 1.54) is 17.5 Å². The van der Waals surface area contributed by atoms with E-state index in [4.69, 9.17) is 0 Å². The molecule has 0 aliphatic carbocycles. The molecule has 1 unspecified atom stereocenters. The van der Waals surface area contributed by atoms with E-state index in [1.807, 2.05) is 35.2 Å². The number of carbonyl (C=O) groups excluding carboxylic acids is 1. The van der Waals surface area contributed by atoms with Gasteiger partial charge in [-0.05, 0) is 40.5 Å². The van der Waals surface area contributed by atoms with Crippen molar-refractivity contribution in [1.29, 1.82) is 0 Å². The van der Waals surface area contributed by atoms with Gasteiger partial charge in [0.15, 0.2) is 0 Å². The Hall–Kier alpha value is -3.06. The zero-order chi connectivity index (χ0) is 20.8. The highest BCUT2D eigenvalue weighted by atomic mass is 16.2. The minimum absolute atomic E-state index is 0.0869. The SMILES string of the molecule is Cc1ccccc1CN1CCCN(C(=O)C(Cc2ccccc2)n2cnnn2)CC1. The van der Waals surface area contributed by atoms with Crippen LogP contribution in [0, 0.1) is 6.92 Å². The summed E-state index contributed by atoms with van der Waals surface area (Å²) >= 11 is 0. The molecule has 2 heterocycles. The summed E-state index contributed by atoms with van der Waals surface area (Å²) in [6.07, 6.45) is 3.08. The highest BCUT2D eigenvalue weighted by Gasteiger charge is 2.28. The molecule has 1 aromatic heterocycles. The van der Waals surface area contributed by atoms with E-state index in [2.05, 4.69) is 51.6 Å². The molecule has 4 rings (SSSR count). The first-order chi connectivity index (χ1) is 14.7. The van der Waals surface area contributed by atoms with Gasteiger partial charge in [-0.25, -0.2) is 4.68 Å². The van der Waals surface area contributed by atoms with Crippen molar-refractivity contribution in [3.8, 4) is 0 Å². The average Bonchev–Trinajstić information content (AvgIpc) is 3.20. The third-order valence-electron chi connectivity index (χ3n) is 5.80. The van der Waals surface area contributed by atoms with Crippen molar-refractivity contribution in [3.63, 3.8) is 0 Å². The summed E-state index contributed by atoms with van der Waals surface area (Å²) in [7, 11) is 0. The number of aryl methyl sites for hydroxylation is 1. The van der Waals surface area contributed by atoms with E-state index in [-0.39, 0.29) is 5.91 Å². The quantitative estimate of drug-likeness (QED) is 0.632. The van der Waals surface area contributed by atoms with Crippen LogP contribution in [-0.4, -0.2) is 62.1 Å². The number of tetrazole rings is 1. The summed E-state index contributed by atoms with van der Waals surface area (Å²) in [5.41, 5.74) is 3.77. The van der Waals surface area contributed by atoms with E-state index in [0.29, 0.717) is 6.42 Å². The fourth-order valence-electron chi connectivity index (χ4n) is 4.03. The van der Waals surface area contributed by atoms with Crippen LogP contribution < -0.4 is 0 Å². The van der Waals surface area contributed by atoms with Crippen molar-refractivity contribution in [2.24, 2.45) is 0 Å². The standard InChI is InChI=1S/C23H28N6O/c1-19-8-5-6-11-21(19)17-27-12-7-13-28(15-14-27)23(30)22(29-18-24-25-26-29)16-20-9-3-2-4-10-20/h2-6,8-11,18,22H,7,12-17H2,1H3. The number of rotatable bonds is 6. The van der Waals surface area contributed by atoms with Gasteiger partial charge in [-0.3, -0.25) is 9.69 Å². The molecule has 1 atom stereocenters. The molecule has 156 valence electrons. The number of carbonyl (C=O) groups is 1. The summed E-state index contributed by atoms with van der Waals surface area (Å²) in [6.45, 7) is 6.42. The number of nitrogens with zero attached hydrogens (tertiary/aromatic N) is 6. The number of aromatic nitrogens is 4. The Kier molecular flexibility index (Phi) is 6.49. The Bertz CT molecular complexity index is 943. The zero-order valence-electron chi connectivity index (χ0n) is 17.4. The monoisotopic (exact) mass is 404 g/mol. The van der Waals surface area contributed by atoms with Crippen LogP contribution in [-0.2, 0) is 17.8 Å². The van der Waals surface area contributed by atoms with Gasteiger partial charge >= 0.3 is 0 Å². The molecule has 0 spiro atoms. The topological polar surface area (TPSA) is 67.2 Å². The van der Waals surface area contributed by atoms with E-state index < -0.39 is 6.04 Å². The van der Waals surface area contributed by atoms with Gasteiger partial charge in [0.1, 0.15) is 12.4 Å². The number of amides is 1. The molecule has 1 amide bonds. The van der Waals surface area contributed by atoms with Gasteiger partial charge in [0, 0.05) is 39.1 Å². The van der Waals surface area contributed by atoms with Crippen molar-refractivity contribution in [2.75, 3.05) is 26.2 Å². The molecule has 2 aromatic carbocycles. The smallest absolute Gasteiger partial charge is 0.247 e. The third-order valence-corrected chi connectivity index (χ3v) is 5.80. The van der Waals surface area contributed by atoms with Gasteiger partial charge in [0.25, 0.3) is 0 Å². The first kappa shape index (κ1) is 20.2. The molecule has 0 bridgehead atoms. The molecule has 0 N–H and O–H groups in total. The summed E-state index contributed by atoms with van der Waals surface area (Å²) in [5.74, 6) is 0.0869. The van der Waals surface area contributed by atoms with Gasteiger partial charge in [-0.1, -0.05) is 54.6 Å². The molecule has 0 saturated carbocycles. The normalized spacial score (nSPS) is 16.2. The van der Waals surface area contributed by atoms with Crippen LogP contribution in [0.15, 0.2) is 60.9 Å². The maximum Gasteiger partial charge on any atom is 0.247 e. The third kappa shape index (κ3) is 4.91. The van der Waals surface area contributed by atoms with Gasteiger partial charge in [0.05, 0.1) is 0 Å².